The summed E-state index contributed by atoms with van der Waals surface area (Å²) in [6, 6.07) is 1.47. The second-order valence-electron chi connectivity index (χ2n) is 3.83. The maximum atomic E-state index is 11.8. The summed E-state index contributed by atoms with van der Waals surface area (Å²) < 4.78 is 0. The molecule has 0 aliphatic heterocycles. The zero-order valence-electron chi connectivity index (χ0n) is 10.0. The maximum Gasteiger partial charge on any atom is 0.253 e. The fraction of sp³-hybridized carbons (Fsp3) is 0.167. The molecule has 0 saturated carbocycles. The van der Waals surface area contributed by atoms with Crippen LogP contribution in [0.3, 0.4) is 0 Å². The average Bonchev–Trinajstić information content (AvgIpc) is 2.41. The Bertz CT molecular complexity index is 601. The minimum absolute atomic E-state index is 0.169. The first-order valence-electron chi connectivity index (χ1n) is 5.43. The highest BCUT2D eigenvalue weighted by Crippen LogP contribution is 2.19. The molecule has 19 heavy (non-hydrogen) atoms. The van der Waals surface area contributed by atoms with Gasteiger partial charge < -0.3 is 5.32 Å². The third-order valence-corrected chi connectivity index (χ3v) is 3.01. The maximum absolute atomic E-state index is 11.8. The van der Waals surface area contributed by atoms with Crippen LogP contribution in [0.1, 0.15) is 21.7 Å². The van der Waals surface area contributed by atoms with Crippen LogP contribution in [0.5, 0.6) is 0 Å². The summed E-state index contributed by atoms with van der Waals surface area (Å²) >= 11 is 11.5. The van der Waals surface area contributed by atoms with E-state index in [0.29, 0.717) is 11.3 Å². The molecule has 0 fully saturated rings. The molecular formula is C12H10Cl2N4O. The summed E-state index contributed by atoms with van der Waals surface area (Å²) in [6.07, 6.45) is 4.62. The molecule has 2 aromatic rings. The van der Waals surface area contributed by atoms with Crippen molar-refractivity contribution < 1.29 is 4.79 Å². The number of hydrogen-bond acceptors (Lipinski definition) is 4. The molecule has 0 saturated heterocycles. The first kappa shape index (κ1) is 13.7. The molecule has 0 aliphatic rings. The Morgan fingerprint density at radius 1 is 1.21 bits per heavy atom. The van der Waals surface area contributed by atoms with Gasteiger partial charge in [-0.2, -0.15) is 0 Å². The monoisotopic (exact) mass is 296 g/mol. The minimum atomic E-state index is -0.298. The van der Waals surface area contributed by atoms with E-state index in [1.807, 2.05) is 6.92 Å². The van der Waals surface area contributed by atoms with Gasteiger partial charge in [0.15, 0.2) is 0 Å². The standard InChI is InChI=1S/C12H10Cl2N4O/c1-7-3-16-9(5-15-7)6-18-12(19)8-2-10(13)11(14)17-4-8/h2-5H,6H2,1H3,(H,18,19). The van der Waals surface area contributed by atoms with Crippen LogP contribution in [0.25, 0.3) is 0 Å². The lowest BCUT2D eigenvalue weighted by atomic mass is 10.2. The van der Waals surface area contributed by atoms with Crippen LogP contribution in [0.15, 0.2) is 24.7 Å². The van der Waals surface area contributed by atoms with E-state index in [2.05, 4.69) is 20.3 Å². The summed E-state index contributed by atoms with van der Waals surface area (Å²) in [5, 5.41) is 3.11. The van der Waals surface area contributed by atoms with Gasteiger partial charge in [0.25, 0.3) is 5.91 Å². The Morgan fingerprint density at radius 2 is 2.00 bits per heavy atom. The molecular weight excluding hydrogens is 287 g/mol. The van der Waals surface area contributed by atoms with Gasteiger partial charge in [-0.3, -0.25) is 14.8 Å². The number of hydrogen-bond donors (Lipinski definition) is 1. The molecule has 2 rings (SSSR count). The van der Waals surface area contributed by atoms with Crippen molar-refractivity contribution in [2.75, 3.05) is 0 Å². The first-order valence-corrected chi connectivity index (χ1v) is 6.18. The molecule has 0 radical (unpaired) electrons. The Balaban J connectivity index is 2.01. The molecule has 0 spiro atoms. The number of pyridine rings is 1. The van der Waals surface area contributed by atoms with Crippen LogP contribution in [0.4, 0.5) is 0 Å². The minimum Gasteiger partial charge on any atom is -0.346 e. The smallest absolute Gasteiger partial charge is 0.253 e. The van der Waals surface area contributed by atoms with Crippen LogP contribution in [0.2, 0.25) is 10.2 Å². The van der Waals surface area contributed by atoms with Crippen molar-refractivity contribution in [2.24, 2.45) is 0 Å². The predicted octanol–water partition coefficient (Wildman–Crippen LogP) is 2.42. The highest BCUT2D eigenvalue weighted by atomic mass is 35.5. The first-order chi connectivity index (χ1) is 9.06. The van der Waals surface area contributed by atoms with Crippen LogP contribution < -0.4 is 5.32 Å². The Kier molecular flexibility index (Phi) is 4.29. The van der Waals surface area contributed by atoms with Crippen LogP contribution in [-0.4, -0.2) is 20.9 Å². The fourth-order valence-electron chi connectivity index (χ4n) is 1.33. The second-order valence-corrected chi connectivity index (χ2v) is 4.59. The molecule has 0 unspecified atom stereocenters. The molecule has 7 heteroatoms. The molecule has 2 aromatic heterocycles. The predicted molar refractivity (Wildman–Crippen MR) is 72.2 cm³/mol. The number of rotatable bonds is 3. The normalized spacial score (nSPS) is 10.3. The Morgan fingerprint density at radius 3 is 2.63 bits per heavy atom. The quantitative estimate of drug-likeness (QED) is 0.883. The van der Waals surface area contributed by atoms with Gasteiger partial charge in [-0.15, -0.1) is 0 Å². The van der Waals surface area contributed by atoms with Gasteiger partial charge in [-0.1, -0.05) is 23.2 Å². The zero-order chi connectivity index (χ0) is 13.8. The van der Waals surface area contributed by atoms with E-state index in [-0.39, 0.29) is 22.6 Å². The van der Waals surface area contributed by atoms with Gasteiger partial charge in [0.05, 0.1) is 34.7 Å². The van der Waals surface area contributed by atoms with Crippen molar-refractivity contribution in [3.63, 3.8) is 0 Å². The number of aromatic nitrogens is 3. The lowest BCUT2D eigenvalue weighted by Gasteiger charge is -2.05. The van der Waals surface area contributed by atoms with Gasteiger partial charge >= 0.3 is 0 Å². The van der Waals surface area contributed by atoms with E-state index in [0.717, 1.165) is 5.69 Å². The highest BCUT2D eigenvalue weighted by molar-refractivity contribution is 6.41. The summed E-state index contributed by atoms with van der Waals surface area (Å²) in [4.78, 5) is 23.9. The number of nitrogens with zero attached hydrogens (tertiary/aromatic N) is 3. The molecule has 1 amide bonds. The highest BCUT2D eigenvalue weighted by Gasteiger charge is 2.09. The van der Waals surface area contributed by atoms with Crippen molar-refractivity contribution in [3.8, 4) is 0 Å². The second kappa shape index (κ2) is 5.95. The van der Waals surface area contributed by atoms with Crippen LogP contribution in [-0.2, 0) is 6.54 Å². The lowest BCUT2D eigenvalue weighted by Crippen LogP contribution is -2.23. The van der Waals surface area contributed by atoms with Gasteiger partial charge in [-0.25, -0.2) is 4.98 Å². The van der Waals surface area contributed by atoms with E-state index >= 15 is 0 Å². The summed E-state index contributed by atoms with van der Waals surface area (Å²) in [6.45, 7) is 2.13. The van der Waals surface area contributed by atoms with Gasteiger partial charge in [0, 0.05) is 12.4 Å². The zero-order valence-corrected chi connectivity index (χ0v) is 11.5. The Hall–Kier alpha value is -1.72. The van der Waals surface area contributed by atoms with Crippen LogP contribution >= 0.6 is 23.2 Å². The molecule has 5 nitrogen and oxygen atoms in total. The number of carbonyl (C=O) groups is 1. The third kappa shape index (κ3) is 3.62. The van der Waals surface area contributed by atoms with E-state index < -0.39 is 0 Å². The Labute approximate surface area is 120 Å². The summed E-state index contributed by atoms with van der Waals surface area (Å²) in [5.41, 5.74) is 1.84. The molecule has 1 N–H and O–H groups in total. The topological polar surface area (TPSA) is 67.8 Å². The lowest BCUT2D eigenvalue weighted by molar-refractivity contribution is 0.0950. The van der Waals surface area contributed by atoms with E-state index in [1.165, 1.54) is 12.3 Å². The number of amides is 1. The van der Waals surface area contributed by atoms with E-state index in [1.54, 1.807) is 12.4 Å². The van der Waals surface area contributed by atoms with Gasteiger partial charge in [0.1, 0.15) is 5.15 Å². The van der Waals surface area contributed by atoms with Gasteiger partial charge in [0.2, 0.25) is 0 Å². The van der Waals surface area contributed by atoms with Gasteiger partial charge in [-0.05, 0) is 13.0 Å². The fourth-order valence-corrected chi connectivity index (χ4v) is 1.60. The average molecular weight is 297 g/mol. The largest absolute Gasteiger partial charge is 0.346 e. The molecule has 2 heterocycles. The molecule has 0 aliphatic carbocycles. The SMILES string of the molecule is Cc1cnc(CNC(=O)c2cnc(Cl)c(Cl)c2)cn1. The van der Waals surface area contributed by atoms with E-state index in [4.69, 9.17) is 23.2 Å². The number of carbonyl (C=O) groups excluding carboxylic acids is 1. The molecule has 98 valence electrons. The van der Waals surface area contributed by atoms with E-state index in [9.17, 15) is 4.79 Å². The third-order valence-electron chi connectivity index (χ3n) is 2.32. The number of halogens is 2. The molecule has 0 aromatic carbocycles. The van der Waals surface area contributed by atoms with Crippen molar-refractivity contribution >= 4 is 29.1 Å². The molecule has 0 bridgehead atoms. The summed E-state index contributed by atoms with van der Waals surface area (Å²) in [7, 11) is 0. The van der Waals surface area contributed by atoms with Crippen molar-refractivity contribution in [1.82, 2.24) is 20.3 Å². The van der Waals surface area contributed by atoms with Crippen molar-refractivity contribution in [1.29, 1.82) is 0 Å². The number of nitrogens with one attached hydrogen (secondary N) is 1. The number of aryl methyl sites for hydroxylation is 1. The van der Waals surface area contributed by atoms with Crippen molar-refractivity contribution in [2.45, 2.75) is 13.5 Å². The summed E-state index contributed by atoms with van der Waals surface area (Å²) in [5.74, 6) is -0.298. The molecule has 0 atom stereocenters. The van der Waals surface area contributed by atoms with Crippen LogP contribution in [0, 0.1) is 6.92 Å². The van der Waals surface area contributed by atoms with Crippen molar-refractivity contribution in [3.05, 3.63) is 51.8 Å².